The Bertz CT molecular complexity index is 580. The molecule has 0 radical (unpaired) electrons. The summed E-state index contributed by atoms with van der Waals surface area (Å²) in [5, 5.41) is 14.6. The van der Waals surface area contributed by atoms with Gasteiger partial charge < -0.3 is 20.5 Å². The molecule has 1 aliphatic carbocycles. The first-order valence-corrected chi connectivity index (χ1v) is 6.86. The minimum Gasteiger partial charge on any atom is -0.390 e. The monoisotopic (exact) mass is 291 g/mol. The van der Waals surface area contributed by atoms with Gasteiger partial charge in [0.15, 0.2) is 0 Å². The number of carbonyl (C=O) groups excluding carboxylic acids is 2. The molecule has 1 saturated heterocycles. The van der Waals surface area contributed by atoms with Crippen molar-refractivity contribution in [1.29, 1.82) is 0 Å². The van der Waals surface area contributed by atoms with E-state index in [4.69, 9.17) is 4.74 Å². The maximum atomic E-state index is 12.3. The number of nitrogens with one attached hydrogen (secondary N) is 2. The normalized spacial score (nSPS) is 26.1. The number of aliphatic hydroxyl groups excluding tert-OH is 1. The first-order valence-electron chi connectivity index (χ1n) is 6.86. The first-order chi connectivity index (χ1) is 10.1. The van der Waals surface area contributed by atoms with Gasteiger partial charge in [0.05, 0.1) is 25.5 Å². The molecule has 2 fully saturated rings. The molecule has 1 saturated carbocycles. The summed E-state index contributed by atoms with van der Waals surface area (Å²) < 4.78 is 5.28. The molecule has 1 aromatic rings. The van der Waals surface area contributed by atoms with Crippen LogP contribution in [0.1, 0.15) is 26.5 Å². The third kappa shape index (κ3) is 2.62. The highest BCUT2D eigenvalue weighted by atomic mass is 16.5. The van der Waals surface area contributed by atoms with Crippen LogP contribution in [0.4, 0.5) is 0 Å². The predicted molar refractivity (Wildman–Crippen MR) is 72.6 cm³/mol. The van der Waals surface area contributed by atoms with Crippen molar-refractivity contribution >= 4 is 11.8 Å². The molecule has 2 amide bonds. The Hall–Kier alpha value is -1.99. The first kappa shape index (κ1) is 14.0. The average Bonchev–Trinajstić information content (AvgIpc) is 2.95. The standard InChI is InChI=1S/C14H17N3O4/c1-15-14(20)11-3-7(2-8(4-18)16-11)13(19)17-12-9-5-21-6-10(9)12/h2-3,9-10,12,18H,4-6H2,1H3,(H,15,20)(H,17,19)/t9-,10?,12?/m1/s1. The van der Waals surface area contributed by atoms with Gasteiger partial charge in [-0.05, 0) is 12.1 Å². The second-order valence-corrected chi connectivity index (χ2v) is 5.33. The summed E-state index contributed by atoms with van der Waals surface area (Å²) in [5.41, 5.74) is 0.743. The Morgan fingerprint density at radius 2 is 2.05 bits per heavy atom. The maximum absolute atomic E-state index is 12.3. The summed E-state index contributed by atoms with van der Waals surface area (Å²) in [6.07, 6.45) is 0. The molecule has 21 heavy (non-hydrogen) atoms. The molecule has 3 rings (SSSR count). The van der Waals surface area contributed by atoms with E-state index in [2.05, 4.69) is 15.6 Å². The fraction of sp³-hybridized carbons (Fsp3) is 0.500. The zero-order valence-electron chi connectivity index (χ0n) is 11.6. The third-order valence-corrected chi connectivity index (χ3v) is 4.01. The van der Waals surface area contributed by atoms with Crippen LogP contribution in [0.25, 0.3) is 0 Å². The number of amides is 2. The molecule has 2 heterocycles. The van der Waals surface area contributed by atoms with Crippen LogP contribution in [0.2, 0.25) is 0 Å². The topological polar surface area (TPSA) is 101 Å². The quantitative estimate of drug-likeness (QED) is 0.681. The van der Waals surface area contributed by atoms with Gasteiger partial charge in [-0.15, -0.1) is 0 Å². The number of pyridine rings is 1. The summed E-state index contributed by atoms with van der Waals surface area (Å²) in [6.45, 7) is 1.06. The van der Waals surface area contributed by atoms with Crippen molar-refractivity contribution in [2.45, 2.75) is 12.6 Å². The number of aromatic nitrogens is 1. The van der Waals surface area contributed by atoms with Crippen LogP contribution in [0.15, 0.2) is 12.1 Å². The molecule has 0 spiro atoms. The summed E-state index contributed by atoms with van der Waals surface area (Å²) in [6, 6.07) is 3.08. The SMILES string of the molecule is CNC(=O)c1cc(C(=O)NC2C3COC[C@H]32)cc(CO)n1. The lowest BCUT2D eigenvalue weighted by Crippen LogP contribution is -2.30. The Morgan fingerprint density at radius 3 is 2.67 bits per heavy atom. The van der Waals surface area contributed by atoms with Crippen LogP contribution < -0.4 is 10.6 Å². The summed E-state index contributed by atoms with van der Waals surface area (Å²) in [4.78, 5) is 27.9. The molecule has 112 valence electrons. The number of hydrogen-bond donors (Lipinski definition) is 3. The molecule has 7 heteroatoms. The van der Waals surface area contributed by atoms with E-state index in [-0.39, 0.29) is 24.2 Å². The second kappa shape index (κ2) is 5.42. The number of rotatable bonds is 4. The van der Waals surface area contributed by atoms with Crippen molar-refractivity contribution in [3.63, 3.8) is 0 Å². The fourth-order valence-corrected chi connectivity index (χ4v) is 2.73. The van der Waals surface area contributed by atoms with Crippen LogP contribution in [-0.4, -0.2) is 48.2 Å². The Morgan fingerprint density at radius 1 is 1.33 bits per heavy atom. The van der Waals surface area contributed by atoms with Crippen molar-refractivity contribution in [3.8, 4) is 0 Å². The van der Waals surface area contributed by atoms with Gasteiger partial charge in [0.1, 0.15) is 5.69 Å². The lowest BCUT2D eigenvalue weighted by atomic mass is 10.1. The van der Waals surface area contributed by atoms with Crippen molar-refractivity contribution in [3.05, 3.63) is 29.1 Å². The van der Waals surface area contributed by atoms with Gasteiger partial charge >= 0.3 is 0 Å². The van der Waals surface area contributed by atoms with Gasteiger partial charge in [-0.1, -0.05) is 0 Å². The van der Waals surface area contributed by atoms with E-state index >= 15 is 0 Å². The van der Waals surface area contributed by atoms with E-state index in [1.165, 1.54) is 19.2 Å². The van der Waals surface area contributed by atoms with E-state index in [0.29, 0.717) is 36.3 Å². The van der Waals surface area contributed by atoms with Crippen LogP contribution in [0.5, 0.6) is 0 Å². The van der Waals surface area contributed by atoms with Crippen LogP contribution in [0.3, 0.4) is 0 Å². The molecule has 0 aromatic carbocycles. The van der Waals surface area contributed by atoms with Gasteiger partial charge in [0.2, 0.25) is 0 Å². The Balaban J connectivity index is 1.77. The van der Waals surface area contributed by atoms with E-state index in [1.54, 1.807) is 0 Å². The summed E-state index contributed by atoms with van der Waals surface area (Å²) in [5.74, 6) is 0.172. The smallest absolute Gasteiger partial charge is 0.269 e. The molecular weight excluding hydrogens is 274 g/mol. The number of carbonyl (C=O) groups is 2. The molecule has 7 nitrogen and oxygen atoms in total. The zero-order chi connectivity index (χ0) is 15.0. The van der Waals surface area contributed by atoms with Crippen molar-refractivity contribution in [1.82, 2.24) is 15.6 Å². The maximum Gasteiger partial charge on any atom is 0.269 e. The average molecular weight is 291 g/mol. The number of ether oxygens (including phenoxy) is 1. The molecular formula is C14H17N3O4. The van der Waals surface area contributed by atoms with Gasteiger partial charge in [-0.2, -0.15) is 0 Å². The largest absolute Gasteiger partial charge is 0.390 e. The number of hydrogen-bond acceptors (Lipinski definition) is 5. The van der Waals surface area contributed by atoms with E-state index in [0.717, 1.165) is 0 Å². The molecule has 1 aromatic heterocycles. The highest BCUT2D eigenvalue weighted by Crippen LogP contribution is 2.44. The number of aliphatic hydroxyl groups is 1. The summed E-state index contributed by atoms with van der Waals surface area (Å²) >= 11 is 0. The molecule has 2 unspecified atom stereocenters. The van der Waals surface area contributed by atoms with Crippen LogP contribution in [0, 0.1) is 11.8 Å². The van der Waals surface area contributed by atoms with Crippen LogP contribution >= 0.6 is 0 Å². The lowest BCUT2D eigenvalue weighted by Gasteiger charge is -2.09. The van der Waals surface area contributed by atoms with Crippen molar-refractivity contribution in [2.24, 2.45) is 11.8 Å². The highest BCUT2D eigenvalue weighted by Gasteiger charge is 2.54. The van der Waals surface area contributed by atoms with Gasteiger partial charge in [0.25, 0.3) is 11.8 Å². The molecule has 1 aliphatic heterocycles. The summed E-state index contributed by atoms with van der Waals surface area (Å²) in [7, 11) is 1.49. The Kier molecular flexibility index (Phi) is 3.60. The van der Waals surface area contributed by atoms with Crippen LogP contribution in [-0.2, 0) is 11.3 Å². The highest BCUT2D eigenvalue weighted by molar-refractivity contribution is 5.98. The Labute approximate surface area is 121 Å². The minimum atomic E-state index is -0.393. The lowest BCUT2D eigenvalue weighted by molar-refractivity contribution is 0.0928. The molecule has 3 N–H and O–H groups in total. The fourth-order valence-electron chi connectivity index (χ4n) is 2.73. The molecule has 3 atom stereocenters. The molecule has 0 bridgehead atoms. The number of fused-ring (bicyclic) bond motifs is 1. The van der Waals surface area contributed by atoms with Crippen molar-refractivity contribution in [2.75, 3.05) is 20.3 Å². The minimum absolute atomic E-state index is 0.119. The zero-order valence-corrected chi connectivity index (χ0v) is 11.6. The van der Waals surface area contributed by atoms with Crippen molar-refractivity contribution < 1.29 is 19.4 Å². The van der Waals surface area contributed by atoms with Gasteiger partial charge in [0, 0.05) is 30.5 Å². The van der Waals surface area contributed by atoms with E-state index < -0.39 is 5.91 Å². The van der Waals surface area contributed by atoms with E-state index in [9.17, 15) is 14.7 Å². The van der Waals surface area contributed by atoms with E-state index in [1.807, 2.05) is 0 Å². The second-order valence-electron chi connectivity index (χ2n) is 5.33. The predicted octanol–water partition coefficient (Wildman–Crippen LogP) is -0.692. The third-order valence-electron chi connectivity index (χ3n) is 4.01. The van der Waals surface area contributed by atoms with Gasteiger partial charge in [-0.3, -0.25) is 9.59 Å². The molecule has 2 aliphatic rings. The van der Waals surface area contributed by atoms with Gasteiger partial charge in [-0.25, -0.2) is 4.98 Å². The number of nitrogens with zero attached hydrogens (tertiary/aromatic N) is 1.